The number of pyridine rings is 1. The lowest BCUT2D eigenvalue weighted by atomic mass is 9.78. The van der Waals surface area contributed by atoms with E-state index in [0.717, 1.165) is 31.2 Å². The number of carbonyl (C=O) groups is 3. The molecule has 2 unspecified atom stereocenters. The highest BCUT2D eigenvalue weighted by Gasteiger charge is 2.46. The third kappa shape index (κ3) is 10.7. The first-order valence-corrected chi connectivity index (χ1v) is 12.9. The van der Waals surface area contributed by atoms with Crippen molar-refractivity contribution >= 4 is 23.5 Å². The Morgan fingerprint density at radius 1 is 1.05 bits per heavy atom. The van der Waals surface area contributed by atoms with E-state index < -0.39 is 34.8 Å². The van der Waals surface area contributed by atoms with Crippen molar-refractivity contribution in [1.82, 2.24) is 15.2 Å². The fraction of sp³-hybridized carbons (Fsp3) is 0.462. The van der Waals surface area contributed by atoms with E-state index in [0.29, 0.717) is 31.8 Å². The van der Waals surface area contributed by atoms with Gasteiger partial charge in [-0.2, -0.15) is 26.3 Å². The van der Waals surface area contributed by atoms with Gasteiger partial charge < -0.3 is 25.2 Å². The van der Waals surface area contributed by atoms with Crippen LogP contribution in [0.2, 0.25) is 0 Å². The molecule has 1 amide bonds. The molecule has 2 atom stereocenters. The lowest BCUT2D eigenvalue weighted by molar-refractivity contribution is -0.384. The number of carbonyl (C=O) groups excluding carboxylic acids is 1. The molecule has 1 saturated carbocycles. The summed E-state index contributed by atoms with van der Waals surface area (Å²) < 4.78 is 69.8. The monoisotopic (exact) mass is 638 g/mol. The van der Waals surface area contributed by atoms with Crippen LogP contribution in [0.5, 0.6) is 0 Å². The Labute approximate surface area is 245 Å². The van der Waals surface area contributed by atoms with Crippen LogP contribution in [-0.4, -0.2) is 86.6 Å². The molecule has 1 saturated heterocycles. The maximum absolute atomic E-state index is 13.1. The zero-order valence-corrected chi connectivity index (χ0v) is 22.8. The number of nitro benzene ring substituents is 1. The minimum atomic E-state index is -5.08. The molecule has 3 N–H and O–H groups in total. The van der Waals surface area contributed by atoms with Crippen LogP contribution >= 0.6 is 0 Å². The number of hydrogen-bond acceptors (Lipinski definition) is 8. The first-order valence-electron chi connectivity index (χ1n) is 12.9. The predicted octanol–water partition coefficient (Wildman–Crippen LogP) is 4.20. The number of nitro groups is 1. The lowest BCUT2D eigenvalue weighted by Gasteiger charge is -2.49. The van der Waals surface area contributed by atoms with Crippen LogP contribution in [0, 0.1) is 10.1 Å². The first kappa shape index (κ1) is 35.9. The van der Waals surface area contributed by atoms with Crippen molar-refractivity contribution in [1.29, 1.82) is 0 Å². The van der Waals surface area contributed by atoms with E-state index in [1.807, 2.05) is 23.2 Å². The summed E-state index contributed by atoms with van der Waals surface area (Å²) in [5, 5.41) is 28.8. The summed E-state index contributed by atoms with van der Waals surface area (Å²) in [6.07, 6.45) is -2.44. The van der Waals surface area contributed by atoms with Gasteiger partial charge in [-0.3, -0.25) is 19.9 Å². The van der Waals surface area contributed by atoms with Gasteiger partial charge in [0, 0.05) is 49.2 Å². The molecular formula is C26H28F6N4O8. The number of nitrogens with one attached hydrogen (secondary N) is 1. The minimum absolute atomic E-state index is 0.0167. The number of benzene rings is 1. The van der Waals surface area contributed by atoms with Crippen molar-refractivity contribution in [3.8, 4) is 0 Å². The molecule has 0 radical (unpaired) electrons. The number of nitrogens with zero attached hydrogens (tertiary/aromatic N) is 3. The minimum Gasteiger partial charge on any atom is -0.475 e. The number of ether oxygens (including phenoxy) is 1. The Morgan fingerprint density at radius 2 is 1.64 bits per heavy atom. The van der Waals surface area contributed by atoms with Gasteiger partial charge in [0.15, 0.2) is 0 Å². The number of halogens is 6. The Kier molecular flexibility index (Phi) is 12.6. The first-order chi connectivity index (χ1) is 20.5. The van der Waals surface area contributed by atoms with Gasteiger partial charge >= 0.3 is 24.3 Å². The number of aliphatic carboxylic acids is 2. The van der Waals surface area contributed by atoms with E-state index in [9.17, 15) is 41.3 Å². The molecule has 2 fully saturated rings. The highest BCUT2D eigenvalue weighted by molar-refractivity contribution is 5.94. The molecule has 1 aliphatic heterocycles. The van der Waals surface area contributed by atoms with Crippen LogP contribution in [0.15, 0.2) is 48.8 Å². The number of alkyl halides is 6. The van der Waals surface area contributed by atoms with Gasteiger partial charge in [-0.15, -0.1) is 0 Å². The SMILES string of the molecule is O=C(O)C(F)(F)F.O=C(O)C(F)(F)F.O=C(c1ccc([N+](=O)[O-])cc1)N1CCOC2(CCCCC2NCc2cccnc2)C1. The molecule has 1 spiro atoms. The number of hydrogen-bond donors (Lipinski definition) is 3. The molecule has 1 aromatic heterocycles. The quantitative estimate of drug-likeness (QED) is 0.245. The number of carboxylic acid groups (broad SMARTS) is 2. The second-order valence-corrected chi connectivity index (χ2v) is 9.59. The third-order valence-electron chi connectivity index (χ3n) is 6.56. The maximum Gasteiger partial charge on any atom is 0.490 e. The number of aromatic nitrogens is 1. The Bertz CT molecular complexity index is 1250. The lowest BCUT2D eigenvalue weighted by Crippen LogP contribution is -2.64. The summed E-state index contributed by atoms with van der Waals surface area (Å²) in [7, 11) is 0. The van der Waals surface area contributed by atoms with Crippen molar-refractivity contribution in [2.45, 2.75) is 56.2 Å². The largest absolute Gasteiger partial charge is 0.490 e. The van der Waals surface area contributed by atoms with E-state index in [-0.39, 0.29) is 17.6 Å². The Balaban J connectivity index is 0.000000402. The second kappa shape index (κ2) is 15.4. The fourth-order valence-electron chi connectivity index (χ4n) is 4.49. The highest BCUT2D eigenvalue weighted by Crippen LogP contribution is 2.35. The topological polar surface area (TPSA) is 172 Å². The molecule has 2 aromatic rings. The van der Waals surface area contributed by atoms with E-state index in [1.165, 1.54) is 24.3 Å². The van der Waals surface area contributed by atoms with Crippen LogP contribution in [0.3, 0.4) is 0 Å². The van der Waals surface area contributed by atoms with E-state index in [1.54, 1.807) is 6.20 Å². The van der Waals surface area contributed by atoms with Gasteiger partial charge in [0.1, 0.15) is 5.60 Å². The standard InChI is InChI=1S/C22H26N4O4.2C2HF3O2/c27-21(18-6-8-19(9-7-18)26(28)29)25-12-13-30-22(16-25)10-2-1-5-20(22)24-15-17-4-3-11-23-14-17;2*3-2(4,5)1(6)7/h3-4,6-9,11,14,20,24H,1-2,5,10,12-13,15-16H2;2*(H,6,7). The molecule has 1 aliphatic carbocycles. The third-order valence-corrected chi connectivity index (χ3v) is 6.56. The van der Waals surface area contributed by atoms with Crippen molar-refractivity contribution < 1.29 is 60.6 Å². The van der Waals surface area contributed by atoms with Crippen LogP contribution in [-0.2, 0) is 20.9 Å². The summed E-state index contributed by atoms with van der Waals surface area (Å²) >= 11 is 0. The van der Waals surface area contributed by atoms with Gasteiger partial charge in [-0.1, -0.05) is 18.9 Å². The molecule has 1 aromatic carbocycles. The van der Waals surface area contributed by atoms with Crippen molar-refractivity contribution in [3.63, 3.8) is 0 Å². The van der Waals surface area contributed by atoms with E-state index in [2.05, 4.69) is 10.3 Å². The smallest absolute Gasteiger partial charge is 0.475 e. The zero-order valence-electron chi connectivity index (χ0n) is 22.8. The van der Waals surface area contributed by atoms with Gasteiger partial charge in [-0.25, -0.2) is 9.59 Å². The van der Waals surface area contributed by atoms with Gasteiger partial charge in [0.05, 0.1) is 18.1 Å². The van der Waals surface area contributed by atoms with E-state index in [4.69, 9.17) is 24.5 Å². The summed E-state index contributed by atoms with van der Waals surface area (Å²) in [4.78, 5) is 47.3. The molecule has 0 bridgehead atoms. The number of carboxylic acids is 2. The summed E-state index contributed by atoms with van der Waals surface area (Å²) in [5.74, 6) is -5.62. The highest BCUT2D eigenvalue weighted by atomic mass is 19.4. The Hall–Kier alpha value is -4.32. The molecule has 2 heterocycles. The van der Waals surface area contributed by atoms with Crippen molar-refractivity contribution in [2.24, 2.45) is 0 Å². The van der Waals surface area contributed by atoms with Crippen molar-refractivity contribution in [2.75, 3.05) is 19.7 Å². The predicted molar refractivity (Wildman–Crippen MR) is 138 cm³/mol. The number of rotatable bonds is 5. The summed E-state index contributed by atoms with van der Waals surface area (Å²) in [5.41, 5.74) is 1.16. The van der Waals surface area contributed by atoms with Crippen LogP contribution in [0.4, 0.5) is 32.0 Å². The number of non-ortho nitro benzene ring substituents is 1. The molecule has 2 aliphatic rings. The molecule has 18 heteroatoms. The molecule has 242 valence electrons. The second-order valence-electron chi connectivity index (χ2n) is 9.59. The average molecular weight is 639 g/mol. The van der Waals surface area contributed by atoms with Crippen LogP contribution < -0.4 is 5.32 Å². The molecule has 4 rings (SSSR count). The summed E-state index contributed by atoms with van der Waals surface area (Å²) in [6, 6.07) is 9.93. The van der Waals surface area contributed by atoms with E-state index >= 15 is 0 Å². The fourth-order valence-corrected chi connectivity index (χ4v) is 4.49. The van der Waals surface area contributed by atoms with Crippen LogP contribution in [0.25, 0.3) is 0 Å². The normalized spacial score (nSPS) is 20.0. The Morgan fingerprint density at radius 3 is 2.14 bits per heavy atom. The number of morpholine rings is 1. The molecule has 12 nitrogen and oxygen atoms in total. The van der Waals surface area contributed by atoms with Gasteiger partial charge in [-0.05, 0) is 36.6 Å². The number of amides is 1. The zero-order chi connectivity index (χ0) is 33.1. The maximum atomic E-state index is 13.1. The van der Waals surface area contributed by atoms with Gasteiger partial charge in [0.25, 0.3) is 11.6 Å². The molecular weight excluding hydrogens is 610 g/mol. The average Bonchev–Trinajstić information content (AvgIpc) is 2.97. The molecule has 44 heavy (non-hydrogen) atoms. The van der Waals surface area contributed by atoms with Gasteiger partial charge in [0.2, 0.25) is 0 Å². The van der Waals surface area contributed by atoms with Crippen molar-refractivity contribution in [3.05, 3.63) is 70.0 Å². The summed E-state index contributed by atoms with van der Waals surface area (Å²) in [6.45, 7) is 2.24. The van der Waals surface area contributed by atoms with Crippen LogP contribution in [0.1, 0.15) is 41.6 Å².